The molecule has 22 heavy (non-hydrogen) atoms. The Morgan fingerprint density at radius 1 is 1.05 bits per heavy atom. The van der Waals surface area contributed by atoms with Gasteiger partial charge < -0.3 is 5.73 Å². The van der Waals surface area contributed by atoms with Crippen LogP contribution in [0.3, 0.4) is 0 Å². The smallest absolute Gasteiger partial charge is 0.253 e. The Morgan fingerprint density at radius 3 is 2.41 bits per heavy atom. The average Bonchev–Trinajstić information content (AvgIpc) is 2.85. The number of hydrogen-bond acceptors (Lipinski definition) is 2. The molecule has 1 saturated carbocycles. The summed E-state index contributed by atoms with van der Waals surface area (Å²) in [6.07, 6.45) is 4.39. The van der Waals surface area contributed by atoms with Crippen LogP contribution in [0.15, 0.2) is 36.4 Å². The molecule has 3 heteroatoms. The molecule has 1 fully saturated rings. The maximum atomic E-state index is 12.2. The third-order valence-electron chi connectivity index (χ3n) is 5.12. The second-order valence-corrected chi connectivity index (χ2v) is 6.67. The highest BCUT2D eigenvalue weighted by atomic mass is 35.5. The number of nitrogens with two attached hydrogens (primary N) is 1. The van der Waals surface area contributed by atoms with E-state index in [0.717, 1.165) is 46.7 Å². The monoisotopic (exact) mass is 311 g/mol. The van der Waals surface area contributed by atoms with E-state index >= 15 is 0 Å². The van der Waals surface area contributed by atoms with Crippen LogP contribution in [-0.2, 0) is 4.79 Å². The zero-order valence-electron chi connectivity index (χ0n) is 12.3. The van der Waals surface area contributed by atoms with Crippen molar-refractivity contribution < 1.29 is 4.79 Å². The van der Waals surface area contributed by atoms with Crippen LogP contribution in [-0.4, -0.2) is 11.3 Å². The second-order valence-electron chi connectivity index (χ2n) is 6.33. The van der Waals surface area contributed by atoms with Crippen LogP contribution in [0, 0.1) is 5.92 Å². The van der Waals surface area contributed by atoms with Gasteiger partial charge in [0.25, 0.3) is 5.24 Å². The summed E-state index contributed by atoms with van der Waals surface area (Å²) in [5.74, 6) is 0.226. The lowest BCUT2D eigenvalue weighted by Crippen LogP contribution is -2.34. The van der Waals surface area contributed by atoms with E-state index in [1.54, 1.807) is 0 Å². The zero-order chi connectivity index (χ0) is 15.3. The molecule has 0 bridgehead atoms. The van der Waals surface area contributed by atoms with Crippen LogP contribution in [0.5, 0.6) is 0 Å². The van der Waals surface area contributed by atoms with Crippen LogP contribution in [0.25, 0.3) is 21.9 Å². The Bertz CT molecular complexity index is 803. The predicted octanol–water partition coefficient (Wildman–Crippen LogP) is 4.35. The molecule has 0 radical (unpaired) electrons. The van der Waals surface area contributed by atoms with Gasteiger partial charge in [-0.3, -0.25) is 4.79 Å². The molecular weight excluding hydrogens is 294 g/mol. The minimum atomic E-state index is -0.364. The summed E-state index contributed by atoms with van der Waals surface area (Å²) in [5.41, 5.74) is 10.3. The van der Waals surface area contributed by atoms with Gasteiger partial charge in [0.2, 0.25) is 0 Å². The molecule has 2 nitrogen and oxygen atoms in total. The highest BCUT2D eigenvalue weighted by molar-refractivity contribution is 6.76. The van der Waals surface area contributed by atoms with Gasteiger partial charge >= 0.3 is 0 Å². The molecule has 2 aromatic carbocycles. The van der Waals surface area contributed by atoms with Gasteiger partial charge in [0.15, 0.2) is 0 Å². The standard InChI is InChI=1S/C19H18ClNO/c20-19(22)18-14-9-4-6-11-5-3-8-13(16(11)14)17(18)12-7-1-2-10-15(12)21/h3-6,8-9,12,15H,1-2,7,10,21H2/t12-,15-/m0/s1. The van der Waals surface area contributed by atoms with E-state index in [9.17, 15) is 4.79 Å². The quantitative estimate of drug-likeness (QED) is 0.838. The maximum absolute atomic E-state index is 12.2. The summed E-state index contributed by atoms with van der Waals surface area (Å²) < 4.78 is 0. The second kappa shape index (κ2) is 5.22. The normalized spacial score (nSPS) is 24.1. The van der Waals surface area contributed by atoms with E-state index in [1.165, 1.54) is 6.42 Å². The van der Waals surface area contributed by atoms with Gasteiger partial charge in [-0.15, -0.1) is 0 Å². The van der Waals surface area contributed by atoms with Gasteiger partial charge in [-0.05, 0) is 51.9 Å². The molecule has 0 amide bonds. The van der Waals surface area contributed by atoms with E-state index < -0.39 is 0 Å². The molecule has 112 valence electrons. The molecule has 2 N–H and O–H groups in total. The Kier molecular flexibility index (Phi) is 3.32. The number of hydrogen-bond donors (Lipinski definition) is 1. The van der Waals surface area contributed by atoms with Gasteiger partial charge in [0.1, 0.15) is 0 Å². The fraction of sp³-hybridized carbons (Fsp3) is 0.316. The Balaban J connectivity index is 2.00. The van der Waals surface area contributed by atoms with E-state index in [0.29, 0.717) is 5.57 Å². The molecule has 2 aromatic rings. The van der Waals surface area contributed by atoms with Crippen molar-refractivity contribution in [3.63, 3.8) is 0 Å². The summed E-state index contributed by atoms with van der Waals surface area (Å²) >= 11 is 5.98. The van der Waals surface area contributed by atoms with Gasteiger partial charge in [-0.2, -0.15) is 0 Å². The van der Waals surface area contributed by atoms with Crippen molar-refractivity contribution in [2.24, 2.45) is 11.7 Å². The third-order valence-corrected chi connectivity index (χ3v) is 5.31. The summed E-state index contributed by atoms with van der Waals surface area (Å²) in [7, 11) is 0. The van der Waals surface area contributed by atoms with Crippen molar-refractivity contribution in [1.82, 2.24) is 0 Å². The first kappa shape index (κ1) is 14.0. The lowest BCUT2D eigenvalue weighted by Gasteiger charge is -2.31. The molecule has 0 saturated heterocycles. The van der Waals surface area contributed by atoms with Crippen LogP contribution in [0.4, 0.5) is 0 Å². The molecule has 2 aliphatic carbocycles. The van der Waals surface area contributed by atoms with Crippen LogP contribution in [0.2, 0.25) is 0 Å². The van der Waals surface area contributed by atoms with Gasteiger partial charge in [0, 0.05) is 17.5 Å². The maximum Gasteiger partial charge on any atom is 0.253 e. The largest absolute Gasteiger partial charge is 0.327 e. The number of benzene rings is 2. The minimum Gasteiger partial charge on any atom is -0.327 e. The fourth-order valence-corrected chi connectivity index (χ4v) is 4.37. The number of carbonyl (C=O) groups excluding carboxylic acids is 1. The predicted molar refractivity (Wildman–Crippen MR) is 91.6 cm³/mol. The first-order chi connectivity index (χ1) is 10.7. The zero-order valence-corrected chi connectivity index (χ0v) is 13.1. The van der Waals surface area contributed by atoms with Gasteiger partial charge in [-0.1, -0.05) is 49.2 Å². The molecule has 0 aromatic heterocycles. The number of rotatable bonds is 2. The van der Waals surface area contributed by atoms with E-state index in [2.05, 4.69) is 24.3 Å². The lowest BCUT2D eigenvalue weighted by atomic mass is 9.77. The summed E-state index contributed by atoms with van der Waals surface area (Å²) in [6.45, 7) is 0. The van der Waals surface area contributed by atoms with Crippen LogP contribution >= 0.6 is 11.6 Å². The van der Waals surface area contributed by atoms with Crippen molar-refractivity contribution >= 4 is 38.8 Å². The lowest BCUT2D eigenvalue weighted by molar-refractivity contribution is -0.106. The number of carbonyl (C=O) groups is 1. The molecule has 2 atom stereocenters. The van der Waals surface area contributed by atoms with E-state index in [-0.39, 0.29) is 17.2 Å². The topological polar surface area (TPSA) is 43.1 Å². The summed E-state index contributed by atoms with van der Waals surface area (Å²) in [5, 5.41) is 1.95. The summed E-state index contributed by atoms with van der Waals surface area (Å²) in [6, 6.07) is 12.4. The van der Waals surface area contributed by atoms with Crippen molar-refractivity contribution in [1.29, 1.82) is 0 Å². The van der Waals surface area contributed by atoms with Crippen LogP contribution < -0.4 is 5.73 Å². The van der Waals surface area contributed by atoms with Gasteiger partial charge in [0.05, 0.1) is 0 Å². The molecule has 0 spiro atoms. The molecule has 2 aliphatic rings. The Hall–Kier alpha value is -1.64. The summed E-state index contributed by atoms with van der Waals surface area (Å²) in [4.78, 5) is 12.2. The fourth-order valence-electron chi connectivity index (χ4n) is 4.17. The average molecular weight is 312 g/mol. The first-order valence-corrected chi connectivity index (χ1v) is 8.28. The van der Waals surface area contributed by atoms with Crippen LogP contribution in [0.1, 0.15) is 36.8 Å². The highest BCUT2D eigenvalue weighted by Gasteiger charge is 2.35. The van der Waals surface area contributed by atoms with Crippen molar-refractivity contribution in [3.05, 3.63) is 47.5 Å². The number of allylic oxidation sites excluding steroid dienone is 1. The molecule has 0 heterocycles. The highest BCUT2D eigenvalue weighted by Crippen LogP contribution is 2.48. The van der Waals surface area contributed by atoms with Gasteiger partial charge in [-0.25, -0.2) is 0 Å². The van der Waals surface area contributed by atoms with Crippen molar-refractivity contribution in [2.75, 3.05) is 0 Å². The molecule has 4 rings (SSSR count). The van der Waals surface area contributed by atoms with Crippen molar-refractivity contribution in [3.8, 4) is 0 Å². The van der Waals surface area contributed by atoms with E-state index in [1.807, 2.05) is 12.1 Å². The molecule has 0 unspecified atom stereocenters. The van der Waals surface area contributed by atoms with E-state index in [4.69, 9.17) is 17.3 Å². The Labute approximate surface area is 135 Å². The molecule has 0 aliphatic heterocycles. The first-order valence-electron chi connectivity index (χ1n) is 7.90. The molecular formula is C19H18ClNO. The minimum absolute atomic E-state index is 0.110. The number of halogens is 1. The third kappa shape index (κ3) is 1.94. The SMILES string of the molecule is N[C@H]1CCCC[C@@H]1C1=C(C(=O)Cl)c2cccc3cccc1c23. The Morgan fingerprint density at radius 2 is 1.73 bits per heavy atom. The van der Waals surface area contributed by atoms with Crippen molar-refractivity contribution in [2.45, 2.75) is 31.7 Å².